The Kier molecular flexibility index (Phi) is 2.78. The van der Waals surface area contributed by atoms with Crippen LogP contribution in [0.4, 0.5) is 10.3 Å². The molecule has 0 aliphatic carbocycles. The molecule has 3 nitrogen and oxygen atoms in total. The van der Waals surface area contributed by atoms with Gasteiger partial charge in [-0.1, -0.05) is 22.0 Å². The van der Waals surface area contributed by atoms with E-state index >= 15 is 0 Å². The SMILES string of the molecule is Cc1ccc(F)cc1-n1c(N)nc2cc(Br)ccc21. The topological polar surface area (TPSA) is 43.8 Å². The van der Waals surface area contributed by atoms with Crippen molar-refractivity contribution in [3.05, 3.63) is 52.3 Å². The highest BCUT2D eigenvalue weighted by atomic mass is 79.9. The minimum absolute atomic E-state index is 0.293. The van der Waals surface area contributed by atoms with Gasteiger partial charge in [-0.05, 0) is 42.8 Å². The van der Waals surface area contributed by atoms with Crippen molar-refractivity contribution >= 4 is 32.9 Å². The number of hydrogen-bond acceptors (Lipinski definition) is 2. The Balaban J connectivity index is 2.36. The number of aryl methyl sites for hydroxylation is 1. The standard InChI is InChI=1S/C14H11BrFN3/c1-8-2-4-10(16)7-13(8)19-12-5-3-9(15)6-11(12)18-14(19)17/h2-7H,1H3,(H2,17,18). The molecule has 0 aliphatic heterocycles. The molecule has 1 heterocycles. The highest BCUT2D eigenvalue weighted by Gasteiger charge is 2.12. The van der Waals surface area contributed by atoms with E-state index in [1.807, 2.05) is 25.1 Å². The van der Waals surface area contributed by atoms with E-state index in [1.165, 1.54) is 12.1 Å². The first-order valence-electron chi connectivity index (χ1n) is 5.76. The number of imidazole rings is 1. The summed E-state index contributed by atoms with van der Waals surface area (Å²) in [6, 6.07) is 10.3. The molecule has 1 aromatic heterocycles. The van der Waals surface area contributed by atoms with Crippen LogP contribution in [0.1, 0.15) is 5.56 Å². The van der Waals surface area contributed by atoms with E-state index in [2.05, 4.69) is 20.9 Å². The molecule has 0 aliphatic rings. The van der Waals surface area contributed by atoms with Crippen molar-refractivity contribution in [3.8, 4) is 5.69 Å². The lowest BCUT2D eigenvalue weighted by Crippen LogP contribution is -2.03. The number of nitrogens with zero attached hydrogens (tertiary/aromatic N) is 2. The molecule has 2 aromatic carbocycles. The molecule has 0 amide bonds. The Morgan fingerprint density at radius 2 is 2.00 bits per heavy atom. The van der Waals surface area contributed by atoms with Crippen molar-refractivity contribution in [2.24, 2.45) is 0 Å². The summed E-state index contributed by atoms with van der Waals surface area (Å²) in [5.41, 5.74) is 9.25. The van der Waals surface area contributed by atoms with E-state index in [0.717, 1.165) is 21.1 Å². The summed E-state index contributed by atoms with van der Waals surface area (Å²) in [6.45, 7) is 1.92. The van der Waals surface area contributed by atoms with Crippen LogP contribution >= 0.6 is 15.9 Å². The van der Waals surface area contributed by atoms with Gasteiger partial charge in [-0.25, -0.2) is 9.37 Å². The predicted octanol–water partition coefficient (Wildman–Crippen LogP) is 3.82. The molecule has 0 saturated carbocycles. The number of hydrogen-bond donors (Lipinski definition) is 1. The molecular formula is C14H11BrFN3. The molecule has 2 N–H and O–H groups in total. The zero-order valence-electron chi connectivity index (χ0n) is 10.2. The van der Waals surface area contributed by atoms with Crippen LogP contribution in [0.5, 0.6) is 0 Å². The fraction of sp³-hybridized carbons (Fsp3) is 0.0714. The number of fused-ring (bicyclic) bond motifs is 1. The third-order valence-corrected chi connectivity index (χ3v) is 3.55. The smallest absolute Gasteiger partial charge is 0.205 e. The third kappa shape index (κ3) is 2.00. The van der Waals surface area contributed by atoms with Crippen molar-refractivity contribution in [1.29, 1.82) is 0 Å². The van der Waals surface area contributed by atoms with Crippen LogP contribution in [0.2, 0.25) is 0 Å². The normalized spacial score (nSPS) is 11.1. The number of benzene rings is 2. The van der Waals surface area contributed by atoms with Gasteiger partial charge < -0.3 is 5.73 Å². The van der Waals surface area contributed by atoms with E-state index in [1.54, 1.807) is 10.6 Å². The van der Waals surface area contributed by atoms with Gasteiger partial charge in [-0.15, -0.1) is 0 Å². The van der Waals surface area contributed by atoms with Crippen LogP contribution in [0.25, 0.3) is 16.7 Å². The molecule has 0 unspecified atom stereocenters. The van der Waals surface area contributed by atoms with Crippen LogP contribution in [-0.2, 0) is 0 Å². The average Bonchev–Trinajstić information content (AvgIpc) is 2.67. The van der Waals surface area contributed by atoms with Gasteiger partial charge >= 0.3 is 0 Å². The number of rotatable bonds is 1. The minimum atomic E-state index is -0.293. The summed E-state index contributed by atoms with van der Waals surface area (Å²) in [5, 5.41) is 0. The fourth-order valence-corrected chi connectivity index (χ4v) is 2.50. The molecule has 3 rings (SSSR count). The van der Waals surface area contributed by atoms with E-state index in [9.17, 15) is 4.39 Å². The van der Waals surface area contributed by atoms with E-state index in [0.29, 0.717) is 11.6 Å². The number of halogens is 2. The molecule has 0 fully saturated rings. The lowest BCUT2D eigenvalue weighted by Gasteiger charge is -2.10. The van der Waals surface area contributed by atoms with Gasteiger partial charge in [0.1, 0.15) is 5.82 Å². The van der Waals surface area contributed by atoms with E-state index in [4.69, 9.17) is 5.73 Å². The van der Waals surface area contributed by atoms with Crippen LogP contribution in [0.15, 0.2) is 40.9 Å². The molecule has 19 heavy (non-hydrogen) atoms. The summed E-state index contributed by atoms with van der Waals surface area (Å²) >= 11 is 3.40. The van der Waals surface area contributed by atoms with Crippen molar-refractivity contribution in [3.63, 3.8) is 0 Å². The Morgan fingerprint density at radius 1 is 1.21 bits per heavy atom. The second-order valence-corrected chi connectivity index (χ2v) is 5.28. The molecule has 5 heteroatoms. The van der Waals surface area contributed by atoms with Crippen LogP contribution < -0.4 is 5.73 Å². The number of anilines is 1. The van der Waals surface area contributed by atoms with Crippen molar-refractivity contribution < 1.29 is 4.39 Å². The zero-order chi connectivity index (χ0) is 13.6. The second-order valence-electron chi connectivity index (χ2n) is 4.37. The lowest BCUT2D eigenvalue weighted by atomic mass is 10.2. The third-order valence-electron chi connectivity index (χ3n) is 3.05. The van der Waals surface area contributed by atoms with Gasteiger partial charge in [0, 0.05) is 4.47 Å². The van der Waals surface area contributed by atoms with Gasteiger partial charge in [0.15, 0.2) is 0 Å². The van der Waals surface area contributed by atoms with Gasteiger partial charge in [-0.3, -0.25) is 4.57 Å². The Bertz CT molecular complexity index is 780. The van der Waals surface area contributed by atoms with Crippen LogP contribution in [-0.4, -0.2) is 9.55 Å². The Labute approximate surface area is 118 Å². The highest BCUT2D eigenvalue weighted by Crippen LogP contribution is 2.27. The first-order valence-corrected chi connectivity index (χ1v) is 6.55. The van der Waals surface area contributed by atoms with E-state index in [-0.39, 0.29) is 5.82 Å². The molecule has 0 saturated heterocycles. The average molecular weight is 320 g/mol. The Morgan fingerprint density at radius 3 is 2.79 bits per heavy atom. The summed E-state index contributed by atoms with van der Waals surface area (Å²) in [6.07, 6.45) is 0. The van der Waals surface area contributed by atoms with E-state index < -0.39 is 0 Å². The van der Waals surface area contributed by atoms with Gasteiger partial charge in [0.25, 0.3) is 0 Å². The summed E-state index contributed by atoms with van der Waals surface area (Å²) in [5.74, 6) is 0.0563. The van der Waals surface area contributed by atoms with Crippen LogP contribution in [0.3, 0.4) is 0 Å². The first kappa shape index (κ1) is 12.2. The molecule has 3 aromatic rings. The summed E-state index contributed by atoms with van der Waals surface area (Å²) in [7, 11) is 0. The Hall–Kier alpha value is -1.88. The predicted molar refractivity (Wildman–Crippen MR) is 77.9 cm³/mol. The lowest BCUT2D eigenvalue weighted by molar-refractivity contribution is 0.626. The first-order chi connectivity index (χ1) is 9.06. The van der Waals surface area contributed by atoms with Gasteiger partial charge in [0.2, 0.25) is 5.95 Å². The van der Waals surface area contributed by atoms with Crippen molar-refractivity contribution in [1.82, 2.24) is 9.55 Å². The molecule has 0 bridgehead atoms. The molecule has 0 radical (unpaired) electrons. The quantitative estimate of drug-likeness (QED) is 0.741. The van der Waals surface area contributed by atoms with Crippen molar-refractivity contribution in [2.75, 3.05) is 5.73 Å². The second kappa shape index (κ2) is 4.35. The maximum Gasteiger partial charge on any atom is 0.205 e. The maximum absolute atomic E-state index is 13.5. The molecule has 0 spiro atoms. The number of aromatic nitrogens is 2. The number of nitrogen functional groups attached to an aromatic ring is 1. The fourth-order valence-electron chi connectivity index (χ4n) is 2.15. The largest absolute Gasteiger partial charge is 0.369 e. The van der Waals surface area contributed by atoms with Crippen molar-refractivity contribution in [2.45, 2.75) is 6.92 Å². The zero-order valence-corrected chi connectivity index (χ0v) is 11.8. The van der Waals surface area contributed by atoms with Gasteiger partial charge in [-0.2, -0.15) is 0 Å². The highest BCUT2D eigenvalue weighted by molar-refractivity contribution is 9.10. The summed E-state index contributed by atoms with van der Waals surface area (Å²) < 4.78 is 16.1. The minimum Gasteiger partial charge on any atom is -0.369 e. The summed E-state index contributed by atoms with van der Waals surface area (Å²) in [4.78, 5) is 4.31. The number of nitrogens with two attached hydrogens (primary N) is 1. The molecule has 96 valence electrons. The van der Waals surface area contributed by atoms with Crippen LogP contribution in [0, 0.1) is 12.7 Å². The van der Waals surface area contributed by atoms with Gasteiger partial charge in [0.05, 0.1) is 16.7 Å². The molecule has 0 atom stereocenters. The molecular weight excluding hydrogens is 309 g/mol. The maximum atomic E-state index is 13.5. The monoisotopic (exact) mass is 319 g/mol.